The van der Waals surface area contributed by atoms with Crippen LogP contribution in [0.5, 0.6) is 0 Å². The van der Waals surface area contributed by atoms with E-state index in [2.05, 4.69) is 37.4 Å². The van der Waals surface area contributed by atoms with E-state index in [1.165, 1.54) is 18.8 Å². The van der Waals surface area contributed by atoms with Gasteiger partial charge in [-0.1, -0.05) is 27.2 Å². The maximum Gasteiger partial charge on any atom is 0.0497 e. The van der Waals surface area contributed by atoms with Gasteiger partial charge in [-0.25, -0.2) is 0 Å². The standard InChI is InChI=1S/C12H25NOS/c1-4-5-12(3,10-14)9-13-6-7-15-11(2)8-13/h11,14H,4-10H2,1-3H3. The third-order valence-corrected chi connectivity index (χ3v) is 4.30. The highest BCUT2D eigenvalue weighted by atomic mass is 32.2. The molecule has 1 fully saturated rings. The van der Waals surface area contributed by atoms with Crippen molar-refractivity contribution in [2.75, 3.05) is 32.0 Å². The van der Waals surface area contributed by atoms with Gasteiger partial charge >= 0.3 is 0 Å². The van der Waals surface area contributed by atoms with Crippen LogP contribution in [0.25, 0.3) is 0 Å². The van der Waals surface area contributed by atoms with Crippen LogP contribution < -0.4 is 0 Å². The van der Waals surface area contributed by atoms with Crippen molar-refractivity contribution in [3.63, 3.8) is 0 Å². The SMILES string of the molecule is CCCC(C)(CO)CN1CCSC(C)C1. The Labute approximate surface area is 98.4 Å². The molecule has 90 valence electrons. The summed E-state index contributed by atoms with van der Waals surface area (Å²) in [6.07, 6.45) is 2.29. The summed E-state index contributed by atoms with van der Waals surface area (Å²) in [5, 5.41) is 10.2. The lowest BCUT2D eigenvalue weighted by Gasteiger charge is -2.37. The molecule has 0 aliphatic carbocycles. The van der Waals surface area contributed by atoms with E-state index in [1.807, 2.05) is 0 Å². The van der Waals surface area contributed by atoms with Gasteiger partial charge < -0.3 is 10.0 Å². The average molecular weight is 231 g/mol. The minimum absolute atomic E-state index is 0.108. The van der Waals surface area contributed by atoms with Crippen LogP contribution in [0.1, 0.15) is 33.6 Å². The molecule has 0 amide bonds. The molecule has 15 heavy (non-hydrogen) atoms. The van der Waals surface area contributed by atoms with Gasteiger partial charge in [0.05, 0.1) is 0 Å². The lowest BCUT2D eigenvalue weighted by atomic mass is 9.86. The molecule has 1 N–H and O–H groups in total. The lowest BCUT2D eigenvalue weighted by molar-refractivity contribution is 0.0817. The maximum absolute atomic E-state index is 9.48. The van der Waals surface area contributed by atoms with Crippen molar-refractivity contribution < 1.29 is 5.11 Å². The van der Waals surface area contributed by atoms with Crippen LogP contribution >= 0.6 is 11.8 Å². The largest absolute Gasteiger partial charge is 0.396 e. The highest BCUT2D eigenvalue weighted by molar-refractivity contribution is 7.99. The van der Waals surface area contributed by atoms with Crippen molar-refractivity contribution in [1.29, 1.82) is 0 Å². The zero-order valence-corrected chi connectivity index (χ0v) is 11.1. The molecule has 1 rings (SSSR count). The molecule has 0 radical (unpaired) electrons. The Morgan fingerprint density at radius 2 is 2.27 bits per heavy atom. The molecule has 1 heterocycles. The molecule has 1 aliphatic heterocycles. The van der Waals surface area contributed by atoms with Crippen LogP contribution in [-0.4, -0.2) is 47.3 Å². The number of aliphatic hydroxyl groups is 1. The van der Waals surface area contributed by atoms with Crippen LogP contribution in [0.4, 0.5) is 0 Å². The first-order chi connectivity index (χ1) is 7.09. The van der Waals surface area contributed by atoms with Crippen LogP contribution in [0.3, 0.4) is 0 Å². The molecule has 0 aromatic carbocycles. The maximum atomic E-state index is 9.48. The quantitative estimate of drug-likeness (QED) is 0.785. The second-order valence-corrected chi connectivity index (χ2v) is 6.68. The Hall–Kier alpha value is 0.270. The Balaban J connectivity index is 2.43. The fourth-order valence-electron chi connectivity index (χ4n) is 2.39. The predicted octanol–water partition coefficient (Wildman–Crippen LogP) is 2.22. The summed E-state index contributed by atoms with van der Waals surface area (Å²) in [5.41, 5.74) is 0.108. The minimum Gasteiger partial charge on any atom is -0.396 e. The Morgan fingerprint density at radius 3 is 2.80 bits per heavy atom. The van der Waals surface area contributed by atoms with Crippen molar-refractivity contribution in [3.05, 3.63) is 0 Å². The first kappa shape index (κ1) is 13.3. The summed E-state index contributed by atoms with van der Waals surface area (Å²) in [6, 6.07) is 0. The fraction of sp³-hybridized carbons (Fsp3) is 1.00. The molecule has 0 spiro atoms. The normalized spacial score (nSPS) is 27.6. The molecular formula is C12H25NOS. The highest BCUT2D eigenvalue weighted by Crippen LogP contribution is 2.26. The topological polar surface area (TPSA) is 23.5 Å². The molecule has 2 unspecified atom stereocenters. The number of rotatable bonds is 5. The van der Waals surface area contributed by atoms with E-state index in [0.29, 0.717) is 6.61 Å². The van der Waals surface area contributed by atoms with E-state index >= 15 is 0 Å². The molecule has 2 atom stereocenters. The highest BCUT2D eigenvalue weighted by Gasteiger charge is 2.27. The van der Waals surface area contributed by atoms with Gasteiger partial charge in [-0.2, -0.15) is 11.8 Å². The first-order valence-corrected chi connectivity index (χ1v) is 7.09. The molecule has 1 saturated heterocycles. The molecule has 0 saturated carbocycles. The second-order valence-electron chi connectivity index (χ2n) is 5.14. The van der Waals surface area contributed by atoms with Crippen LogP contribution in [0.2, 0.25) is 0 Å². The van der Waals surface area contributed by atoms with Crippen molar-refractivity contribution in [1.82, 2.24) is 4.90 Å². The van der Waals surface area contributed by atoms with Gasteiger partial charge in [-0.05, 0) is 6.42 Å². The summed E-state index contributed by atoms with van der Waals surface area (Å²) < 4.78 is 0. The van der Waals surface area contributed by atoms with Gasteiger partial charge in [-0.3, -0.25) is 0 Å². The van der Waals surface area contributed by atoms with Crippen LogP contribution in [0, 0.1) is 5.41 Å². The average Bonchev–Trinajstić information content (AvgIpc) is 2.18. The molecule has 0 aromatic heterocycles. The van der Waals surface area contributed by atoms with Crippen molar-refractivity contribution in [3.8, 4) is 0 Å². The zero-order valence-electron chi connectivity index (χ0n) is 10.3. The number of hydrogen-bond donors (Lipinski definition) is 1. The Kier molecular flexibility index (Phi) is 5.44. The van der Waals surface area contributed by atoms with Gasteiger partial charge in [0.25, 0.3) is 0 Å². The predicted molar refractivity (Wildman–Crippen MR) is 68.5 cm³/mol. The van der Waals surface area contributed by atoms with Gasteiger partial charge in [-0.15, -0.1) is 0 Å². The number of nitrogens with zero attached hydrogens (tertiary/aromatic N) is 1. The van der Waals surface area contributed by atoms with Gasteiger partial charge in [0.2, 0.25) is 0 Å². The van der Waals surface area contributed by atoms with Crippen LogP contribution in [0.15, 0.2) is 0 Å². The van der Waals surface area contributed by atoms with Crippen LogP contribution in [-0.2, 0) is 0 Å². The summed E-state index contributed by atoms with van der Waals surface area (Å²) in [6.45, 7) is 10.5. The molecular weight excluding hydrogens is 206 g/mol. The number of aliphatic hydroxyl groups excluding tert-OH is 1. The van der Waals surface area contributed by atoms with Gasteiger partial charge in [0, 0.05) is 42.7 Å². The first-order valence-electron chi connectivity index (χ1n) is 6.04. The smallest absolute Gasteiger partial charge is 0.0497 e. The Bertz CT molecular complexity index is 188. The van der Waals surface area contributed by atoms with Crippen molar-refractivity contribution in [2.24, 2.45) is 5.41 Å². The molecule has 3 heteroatoms. The molecule has 2 nitrogen and oxygen atoms in total. The van der Waals surface area contributed by atoms with E-state index in [9.17, 15) is 5.11 Å². The van der Waals surface area contributed by atoms with Crippen molar-refractivity contribution >= 4 is 11.8 Å². The fourth-order valence-corrected chi connectivity index (χ4v) is 3.47. The van der Waals surface area contributed by atoms with E-state index < -0.39 is 0 Å². The summed E-state index contributed by atoms with van der Waals surface area (Å²) >= 11 is 2.06. The summed E-state index contributed by atoms with van der Waals surface area (Å²) in [5.74, 6) is 1.24. The Morgan fingerprint density at radius 1 is 1.53 bits per heavy atom. The number of thioether (sulfide) groups is 1. The molecule has 0 aromatic rings. The third kappa shape index (κ3) is 4.33. The van der Waals surface area contributed by atoms with E-state index in [4.69, 9.17) is 0 Å². The molecule has 0 bridgehead atoms. The second kappa shape index (κ2) is 6.12. The van der Waals surface area contributed by atoms with E-state index in [0.717, 1.165) is 24.6 Å². The molecule has 1 aliphatic rings. The van der Waals surface area contributed by atoms with E-state index in [1.54, 1.807) is 0 Å². The zero-order chi connectivity index (χ0) is 11.3. The summed E-state index contributed by atoms with van der Waals surface area (Å²) in [4.78, 5) is 2.52. The minimum atomic E-state index is 0.108. The van der Waals surface area contributed by atoms with Gasteiger partial charge in [0.15, 0.2) is 0 Å². The lowest BCUT2D eigenvalue weighted by Crippen LogP contribution is -2.44. The monoisotopic (exact) mass is 231 g/mol. The van der Waals surface area contributed by atoms with Crippen molar-refractivity contribution in [2.45, 2.75) is 38.9 Å². The summed E-state index contributed by atoms with van der Waals surface area (Å²) in [7, 11) is 0. The third-order valence-electron chi connectivity index (χ3n) is 3.17. The number of hydrogen-bond acceptors (Lipinski definition) is 3. The van der Waals surface area contributed by atoms with E-state index in [-0.39, 0.29) is 5.41 Å². The van der Waals surface area contributed by atoms with Gasteiger partial charge in [0.1, 0.15) is 0 Å².